The number of aliphatic carboxylic acids is 1. The Hall–Kier alpha value is -3.80. The van der Waals surface area contributed by atoms with Gasteiger partial charge in [-0.25, -0.2) is 14.4 Å². The minimum atomic E-state index is -1.20. The van der Waals surface area contributed by atoms with Gasteiger partial charge in [0.05, 0.1) is 19.3 Å². The number of carboxylic acids is 1. The van der Waals surface area contributed by atoms with Gasteiger partial charge in [0, 0.05) is 13.0 Å². The maximum absolute atomic E-state index is 13.4. The highest BCUT2D eigenvalue weighted by molar-refractivity contribution is 5.89. The van der Waals surface area contributed by atoms with Crippen LogP contribution in [0.15, 0.2) is 36.4 Å². The molecule has 0 fully saturated rings. The van der Waals surface area contributed by atoms with E-state index in [4.69, 9.17) is 14.2 Å². The minimum Gasteiger partial charge on any atom is -0.490 e. The van der Waals surface area contributed by atoms with Gasteiger partial charge in [-0.1, -0.05) is 32.1 Å². The number of alkyl carbamates (subject to hydrolysis) is 1. The van der Waals surface area contributed by atoms with Crippen molar-refractivity contribution < 1.29 is 38.5 Å². The third kappa shape index (κ3) is 13.7. The van der Waals surface area contributed by atoms with E-state index in [9.17, 15) is 24.3 Å². The lowest BCUT2D eigenvalue weighted by Crippen LogP contribution is -2.56. The van der Waals surface area contributed by atoms with Crippen LogP contribution in [0.4, 0.5) is 9.59 Å². The van der Waals surface area contributed by atoms with E-state index >= 15 is 0 Å². The van der Waals surface area contributed by atoms with Crippen LogP contribution in [0.1, 0.15) is 59.4 Å². The summed E-state index contributed by atoms with van der Waals surface area (Å²) in [5.74, 6) is -0.881. The third-order valence-electron chi connectivity index (χ3n) is 6.33. The van der Waals surface area contributed by atoms with Gasteiger partial charge in [0.2, 0.25) is 5.91 Å². The Morgan fingerprint density at radius 1 is 1.10 bits per heavy atom. The van der Waals surface area contributed by atoms with Crippen molar-refractivity contribution in [2.24, 2.45) is 5.92 Å². The van der Waals surface area contributed by atoms with Gasteiger partial charge in [-0.2, -0.15) is 0 Å². The second kappa shape index (κ2) is 17.2. The zero-order valence-electron chi connectivity index (χ0n) is 25.2. The Morgan fingerprint density at radius 2 is 1.79 bits per heavy atom. The minimum absolute atomic E-state index is 0.0649. The quantitative estimate of drug-likeness (QED) is 0.216. The predicted molar refractivity (Wildman–Crippen MR) is 157 cm³/mol. The summed E-state index contributed by atoms with van der Waals surface area (Å²) in [4.78, 5) is 49.9. The summed E-state index contributed by atoms with van der Waals surface area (Å²) >= 11 is 0. The molecule has 0 aliphatic carbocycles. The first-order chi connectivity index (χ1) is 19.8. The summed E-state index contributed by atoms with van der Waals surface area (Å²) in [5.41, 5.74) is 0.172. The van der Waals surface area contributed by atoms with Crippen molar-refractivity contribution in [3.8, 4) is 5.75 Å². The first kappa shape index (κ1) is 34.4. The highest BCUT2D eigenvalue weighted by Crippen LogP contribution is 2.15. The van der Waals surface area contributed by atoms with Crippen molar-refractivity contribution in [3.63, 3.8) is 0 Å². The molecule has 1 aromatic rings. The molecule has 5 N–H and O–H groups in total. The molecule has 3 atom stereocenters. The van der Waals surface area contributed by atoms with Gasteiger partial charge >= 0.3 is 18.1 Å². The lowest BCUT2D eigenvalue weighted by atomic mass is 10.0. The van der Waals surface area contributed by atoms with Crippen LogP contribution in [0.25, 0.3) is 0 Å². The number of amides is 4. The molecular weight excluding hydrogens is 544 g/mol. The molecule has 234 valence electrons. The number of nitrogens with one attached hydrogen (secondary N) is 4. The van der Waals surface area contributed by atoms with Crippen LogP contribution in [-0.4, -0.2) is 79.2 Å². The Kier molecular flexibility index (Phi) is 14.1. The normalized spacial score (nSPS) is 19.6. The number of carbonyl (C=O) groups excluding carboxylic acids is 3. The van der Waals surface area contributed by atoms with E-state index in [1.165, 1.54) is 0 Å². The summed E-state index contributed by atoms with van der Waals surface area (Å²) in [6.45, 7) is 10.5. The van der Waals surface area contributed by atoms with Gasteiger partial charge in [0.25, 0.3) is 0 Å². The zero-order valence-corrected chi connectivity index (χ0v) is 25.2. The van der Waals surface area contributed by atoms with E-state index in [0.717, 1.165) is 5.56 Å². The second-order valence-corrected chi connectivity index (χ2v) is 11.5. The lowest BCUT2D eigenvalue weighted by molar-refractivity contribution is -0.139. The number of urea groups is 1. The second-order valence-electron chi connectivity index (χ2n) is 11.5. The largest absolute Gasteiger partial charge is 0.490 e. The van der Waals surface area contributed by atoms with Crippen LogP contribution in [0.2, 0.25) is 0 Å². The number of carbonyl (C=O) groups is 4. The molecule has 4 amide bonds. The molecule has 2 bridgehead atoms. The van der Waals surface area contributed by atoms with E-state index in [1.54, 1.807) is 32.9 Å². The van der Waals surface area contributed by atoms with Crippen LogP contribution in [0.5, 0.6) is 5.75 Å². The van der Waals surface area contributed by atoms with Gasteiger partial charge in [-0.3, -0.25) is 4.79 Å². The Bertz CT molecular complexity index is 1050. The van der Waals surface area contributed by atoms with Crippen molar-refractivity contribution in [2.75, 3.05) is 26.4 Å². The fourth-order valence-corrected chi connectivity index (χ4v) is 3.99. The van der Waals surface area contributed by atoms with E-state index in [1.807, 2.05) is 38.1 Å². The van der Waals surface area contributed by atoms with Crippen molar-refractivity contribution in [3.05, 3.63) is 42.0 Å². The van der Waals surface area contributed by atoms with Crippen molar-refractivity contribution in [1.82, 2.24) is 21.3 Å². The molecule has 3 rings (SSSR count). The summed E-state index contributed by atoms with van der Waals surface area (Å²) < 4.78 is 16.6. The number of unbranched alkanes of at least 4 members (excludes halogenated alkanes) is 1. The molecular formula is C30H46N4O8. The fourth-order valence-electron chi connectivity index (χ4n) is 3.99. The molecule has 2 heterocycles. The summed E-state index contributed by atoms with van der Waals surface area (Å²) in [6, 6.07) is 3.99. The van der Waals surface area contributed by atoms with Gasteiger partial charge in [0.1, 0.15) is 30.0 Å². The smallest absolute Gasteiger partial charge is 0.407 e. The average Bonchev–Trinajstić information content (AvgIpc) is 2.89. The predicted octanol–water partition coefficient (Wildman–Crippen LogP) is 3.15. The van der Waals surface area contributed by atoms with Crippen molar-refractivity contribution in [2.45, 2.75) is 84.0 Å². The molecule has 1 aromatic carbocycles. The van der Waals surface area contributed by atoms with E-state index in [2.05, 4.69) is 21.3 Å². The standard InChI is InChI=1S/C30H46N4O8/c1-20(2)25-19-40-16-8-9-17-41-22-13-11-21(12-14-22)18-24(26(35)32-25)34-28(38)33-23(27(36)37)10-6-7-15-31-29(39)42-30(3,4)5/h8-9,11-14,20,23-25H,6-7,10,15-19H2,1-5H3,(H,31,39)(H,32,35)(H,36,37)(H2,33,34,38)/b9-8-/t23-,24+,25+/m0/s1. The van der Waals surface area contributed by atoms with Crippen LogP contribution in [-0.2, 0) is 25.5 Å². The summed E-state index contributed by atoms with van der Waals surface area (Å²) in [7, 11) is 0. The fraction of sp³-hybridized carbons (Fsp3) is 0.600. The zero-order chi connectivity index (χ0) is 31.1. The number of hydrogen-bond acceptors (Lipinski definition) is 7. The first-order valence-corrected chi connectivity index (χ1v) is 14.4. The molecule has 0 radical (unpaired) electrons. The molecule has 0 unspecified atom stereocenters. The van der Waals surface area contributed by atoms with E-state index in [0.29, 0.717) is 38.3 Å². The molecule has 2 aliphatic rings. The van der Waals surface area contributed by atoms with Gasteiger partial charge in [-0.05, 0) is 69.7 Å². The molecule has 2 aliphatic heterocycles. The van der Waals surface area contributed by atoms with Gasteiger partial charge in [0.15, 0.2) is 0 Å². The summed E-state index contributed by atoms with van der Waals surface area (Å²) in [5, 5.41) is 20.4. The molecule has 0 saturated carbocycles. The van der Waals surface area contributed by atoms with E-state index < -0.39 is 41.7 Å². The molecule has 42 heavy (non-hydrogen) atoms. The highest BCUT2D eigenvalue weighted by Gasteiger charge is 2.27. The highest BCUT2D eigenvalue weighted by atomic mass is 16.6. The molecule has 0 aromatic heterocycles. The number of benzene rings is 1. The third-order valence-corrected chi connectivity index (χ3v) is 6.33. The number of hydrogen-bond donors (Lipinski definition) is 5. The van der Waals surface area contributed by atoms with Crippen LogP contribution in [0, 0.1) is 5.92 Å². The lowest BCUT2D eigenvalue weighted by Gasteiger charge is -2.26. The van der Waals surface area contributed by atoms with Crippen molar-refractivity contribution >= 4 is 24.0 Å². The maximum Gasteiger partial charge on any atom is 0.407 e. The van der Waals surface area contributed by atoms with E-state index in [-0.39, 0.29) is 31.4 Å². The van der Waals surface area contributed by atoms with Gasteiger partial charge < -0.3 is 40.6 Å². The maximum atomic E-state index is 13.4. The SMILES string of the molecule is CC(C)[C@H]1COC/C=C\COc2ccc(cc2)C[C@@H](NC(=O)N[C@@H](CCCCNC(=O)OC(C)(C)C)C(=O)O)C(=O)N1. The Morgan fingerprint density at radius 3 is 2.43 bits per heavy atom. The monoisotopic (exact) mass is 590 g/mol. The average molecular weight is 591 g/mol. The molecule has 0 spiro atoms. The first-order valence-electron chi connectivity index (χ1n) is 14.4. The summed E-state index contributed by atoms with van der Waals surface area (Å²) in [6.07, 6.45) is 4.41. The van der Waals surface area contributed by atoms with Crippen LogP contribution >= 0.6 is 0 Å². The van der Waals surface area contributed by atoms with Crippen molar-refractivity contribution in [1.29, 1.82) is 0 Å². The topological polar surface area (TPSA) is 164 Å². The van der Waals surface area contributed by atoms with Gasteiger partial charge in [-0.15, -0.1) is 0 Å². The van der Waals surface area contributed by atoms with Crippen LogP contribution in [0.3, 0.4) is 0 Å². The molecule has 12 heteroatoms. The number of fused-ring (bicyclic) bond motifs is 12. The Balaban J connectivity index is 2.03. The van der Waals surface area contributed by atoms with Crippen LogP contribution < -0.4 is 26.0 Å². The molecule has 0 saturated heterocycles. The number of ether oxygens (including phenoxy) is 3. The number of carboxylic acid groups (broad SMARTS) is 1. The number of rotatable bonds is 9. The molecule has 12 nitrogen and oxygen atoms in total. The Labute approximate surface area is 247 Å².